The highest BCUT2D eigenvalue weighted by Gasteiger charge is 2.17. The van der Waals surface area contributed by atoms with Crippen molar-refractivity contribution in [2.24, 2.45) is 0 Å². The molecule has 14 heavy (non-hydrogen) atoms. The van der Waals surface area contributed by atoms with Gasteiger partial charge >= 0.3 is 0 Å². The minimum Gasteiger partial charge on any atom is -0.299 e. The van der Waals surface area contributed by atoms with Crippen molar-refractivity contribution in [1.29, 1.82) is 0 Å². The van der Waals surface area contributed by atoms with E-state index >= 15 is 0 Å². The van der Waals surface area contributed by atoms with Crippen molar-refractivity contribution in [3.8, 4) is 0 Å². The van der Waals surface area contributed by atoms with E-state index in [0.29, 0.717) is 19.3 Å². The number of fused-ring (bicyclic) bond motifs is 1. The summed E-state index contributed by atoms with van der Waals surface area (Å²) in [5, 5.41) is 0. The van der Waals surface area contributed by atoms with Gasteiger partial charge in [0.2, 0.25) is 0 Å². The van der Waals surface area contributed by atoms with E-state index in [-0.39, 0.29) is 11.3 Å². The number of aryl methyl sites for hydroxylation is 1. The highest BCUT2D eigenvalue weighted by Crippen LogP contribution is 2.25. The smallest absolute Gasteiger partial charge is 0.263 e. The first-order valence-corrected chi connectivity index (χ1v) is 4.58. The Morgan fingerprint density at radius 1 is 1.14 bits per heavy atom. The fraction of sp³-hybridized carbons (Fsp3) is 0.364. The van der Waals surface area contributed by atoms with Crippen molar-refractivity contribution in [2.75, 3.05) is 0 Å². The molecule has 0 N–H and O–H groups in total. The summed E-state index contributed by atoms with van der Waals surface area (Å²) < 4.78 is 24.7. The van der Waals surface area contributed by atoms with E-state index in [1.165, 1.54) is 12.1 Å². The molecule has 1 aliphatic carbocycles. The molecule has 1 aliphatic rings. The maximum atomic E-state index is 12.3. The average molecular weight is 196 g/mol. The number of hydrogen-bond donors (Lipinski definition) is 0. The first kappa shape index (κ1) is 9.31. The van der Waals surface area contributed by atoms with Gasteiger partial charge in [-0.05, 0) is 23.6 Å². The summed E-state index contributed by atoms with van der Waals surface area (Å²) in [6.45, 7) is 0. The van der Waals surface area contributed by atoms with Crippen LogP contribution in [0.4, 0.5) is 8.78 Å². The molecule has 0 spiro atoms. The molecular weight excluding hydrogens is 186 g/mol. The second-order valence-electron chi connectivity index (χ2n) is 3.54. The third-order valence-electron chi connectivity index (χ3n) is 2.54. The maximum Gasteiger partial charge on any atom is 0.263 e. The van der Waals surface area contributed by atoms with Gasteiger partial charge in [-0.1, -0.05) is 12.1 Å². The zero-order valence-electron chi connectivity index (χ0n) is 7.59. The fourth-order valence-electron chi connectivity index (χ4n) is 1.76. The van der Waals surface area contributed by atoms with Crippen molar-refractivity contribution >= 4 is 5.78 Å². The van der Waals surface area contributed by atoms with Gasteiger partial charge in [0, 0.05) is 18.4 Å². The number of alkyl halides is 2. The molecule has 0 aromatic heterocycles. The lowest BCUT2D eigenvalue weighted by molar-refractivity contribution is -0.118. The summed E-state index contributed by atoms with van der Waals surface area (Å²) >= 11 is 0. The highest BCUT2D eigenvalue weighted by molar-refractivity contribution is 5.83. The zero-order chi connectivity index (χ0) is 10.1. The van der Waals surface area contributed by atoms with Crippen LogP contribution in [0.1, 0.15) is 29.5 Å². The molecule has 0 heterocycles. The SMILES string of the molecule is O=C1CCc2cc(C(F)F)ccc2C1. The third-order valence-corrected chi connectivity index (χ3v) is 2.54. The lowest BCUT2D eigenvalue weighted by atomic mass is 9.90. The van der Waals surface area contributed by atoms with Gasteiger partial charge in [-0.2, -0.15) is 0 Å². The van der Waals surface area contributed by atoms with Crippen LogP contribution in [0.15, 0.2) is 18.2 Å². The minimum atomic E-state index is -2.42. The number of hydrogen-bond acceptors (Lipinski definition) is 1. The number of benzene rings is 1. The molecule has 0 aliphatic heterocycles. The number of carbonyl (C=O) groups excluding carboxylic acids is 1. The van der Waals surface area contributed by atoms with Gasteiger partial charge in [0.1, 0.15) is 5.78 Å². The van der Waals surface area contributed by atoms with Crippen molar-refractivity contribution in [2.45, 2.75) is 25.7 Å². The minimum absolute atomic E-state index is 0.0538. The lowest BCUT2D eigenvalue weighted by Crippen LogP contribution is -2.13. The largest absolute Gasteiger partial charge is 0.299 e. The molecule has 2 rings (SSSR count). The molecule has 0 unspecified atom stereocenters. The molecule has 0 saturated carbocycles. The fourth-order valence-corrected chi connectivity index (χ4v) is 1.76. The molecule has 0 bridgehead atoms. The standard InChI is InChI=1S/C11H10F2O/c12-11(13)9-2-1-8-6-10(14)4-3-7(8)5-9/h1-2,5,11H,3-4,6H2. The Balaban J connectivity index is 2.36. The Hall–Kier alpha value is -1.25. The van der Waals surface area contributed by atoms with Crippen LogP contribution in [0.25, 0.3) is 0 Å². The van der Waals surface area contributed by atoms with E-state index in [0.717, 1.165) is 11.1 Å². The first-order valence-electron chi connectivity index (χ1n) is 4.58. The summed E-state index contributed by atoms with van der Waals surface area (Å²) in [6, 6.07) is 4.57. The van der Waals surface area contributed by atoms with E-state index in [4.69, 9.17) is 0 Å². The molecule has 0 saturated heterocycles. The topological polar surface area (TPSA) is 17.1 Å². The number of ketones is 1. The monoisotopic (exact) mass is 196 g/mol. The second kappa shape index (κ2) is 3.48. The zero-order valence-corrected chi connectivity index (χ0v) is 7.59. The predicted octanol–water partition coefficient (Wildman–Crippen LogP) is 2.68. The molecule has 0 radical (unpaired) electrons. The predicted molar refractivity (Wildman–Crippen MR) is 48.4 cm³/mol. The molecule has 0 amide bonds. The summed E-state index contributed by atoms with van der Waals surface area (Å²) in [6.07, 6.45) is -0.925. The number of Topliss-reactive ketones (excluding diaryl/α,β-unsaturated/α-hetero) is 1. The van der Waals surface area contributed by atoms with Crippen LogP contribution < -0.4 is 0 Å². The van der Waals surface area contributed by atoms with E-state index in [9.17, 15) is 13.6 Å². The molecule has 0 fully saturated rings. The van der Waals surface area contributed by atoms with Gasteiger partial charge in [-0.25, -0.2) is 8.78 Å². The van der Waals surface area contributed by atoms with Crippen LogP contribution in [-0.2, 0) is 17.6 Å². The van der Waals surface area contributed by atoms with Crippen LogP contribution in [-0.4, -0.2) is 5.78 Å². The van der Waals surface area contributed by atoms with Crippen LogP contribution in [0.5, 0.6) is 0 Å². The first-order chi connectivity index (χ1) is 6.66. The van der Waals surface area contributed by atoms with Gasteiger partial charge in [-0.3, -0.25) is 4.79 Å². The molecule has 1 aromatic carbocycles. The second-order valence-corrected chi connectivity index (χ2v) is 3.54. The Labute approximate surface area is 80.7 Å². The Morgan fingerprint density at radius 3 is 2.64 bits per heavy atom. The van der Waals surface area contributed by atoms with E-state index in [2.05, 4.69) is 0 Å². The van der Waals surface area contributed by atoms with Crippen LogP contribution in [0.3, 0.4) is 0 Å². The van der Waals surface area contributed by atoms with Gasteiger partial charge in [0.05, 0.1) is 0 Å². The molecule has 1 nitrogen and oxygen atoms in total. The molecule has 74 valence electrons. The van der Waals surface area contributed by atoms with E-state index in [1.807, 2.05) is 0 Å². The number of rotatable bonds is 1. The van der Waals surface area contributed by atoms with Gasteiger partial charge in [0.25, 0.3) is 6.43 Å². The van der Waals surface area contributed by atoms with Crippen molar-refractivity contribution in [1.82, 2.24) is 0 Å². The maximum absolute atomic E-state index is 12.3. The molecule has 0 atom stereocenters. The van der Waals surface area contributed by atoms with Gasteiger partial charge < -0.3 is 0 Å². The van der Waals surface area contributed by atoms with Crippen molar-refractivity contribution in [3.05, 3.63) is 34.9 Å². The molecular formula is C11H10F2O. The number of halogens is 2. The Bertz CT molecular complexity index is 372. The lowest BCUT2D eigenvalue weighted by Gasteiger charge is -2.15. The van der Waals surface area contributed by atoms with E-state index in [1.54, 1.807) is 6.07 Å². The number of carbonyl (C=O) groups is 1. The molecule has 1 aromatic rings. The molecule has 3 heteroatoms. The van der Waals surface area contributed by atoms with Crippen LogP contribution >= 0.6 is 0 Å². The van der Waals surface area contributed by atoms with Crippen LogP contribution in [0.2, 0.25) is 0 Å². The highest BCUT2D eigenvalue weighted by atomic mass is 19.3. The summed E-state index contributed by atoms with van der Waals surface area (Å²) in [5.41, 5.74) is 1.87. The van der Waals surface area contributed by atoms with Gasteiger partial charge in [0.15, 0.2) is 0 Å². The summed E-state index contributed by atoms with van der Waals surface area (Å²) in [5.74, 6) is 0.197. The van der Waals surface area contributed by atoms with E-state index < -0.39 is 6.43 Å². The normalized spacial score (nSPS) is 15.8. The summed E-state index contributed by atoms with van der Waals surface area (Å²) in [7, 11) is 0. The average Bonchev–Trinajstić information content (AvgIpc) is 2.16. The Morgan fingerprint density at radius 2 is 1.93 bits per heavy atom. The Kier molecular flexibility index (Phi) is 2.32. The van der Waals surface area contributed by atoms with Crippen molar-refractivity contribution < 1.29 is 13.6 Å². The van der Waals surface area contributed by atoms with Crippen molar-refractivity contribution in [3.63, 3.8) is 0 Å². The van der Waals surface area contributed by atoms with Crippen LogP contribution in [0, 0.1) is 0 Å². The van der Waals surface area contributed by atoms with Gasteiger partial charge in [-0.15, -0.1) is 0 Å². The third kappa shape index (κ3) is 1.67. The summed E-state index contributed by atoms with van der Waals surface area (Å²) in [4.78, 5) is 11.1. The quantitative estimate of drug-likeness (QED) is 0.674.